The Bertz CT molecular complexity index is 751. The number of imidazole rings is 1. The molecule has 1 aliphatic rings. The lowest BCUT2D eigenvalue weighted by molar-refractivity contribution is -0.137. The number of nitrogens with one attached hydrogen (secondary N) is 2. The number of likely N-dealkylation sites (tertiary alicyclic amines) is 1. The van der Waals surface area contributed by atoms with Gasteiger partial charge in [0.25, 0.3) is 0 Å². The zero-order chi connectivity index (χ0) is 18.9. The highest BCUT2D eigenvalue weighted by atomic mass is 16.3. The second-order valence-corrected chi connectivity index (χ2v) is 8.02. The van der Waals surface area contributed by atoms with E-state index in [9.17, 15) is 9.90 Å². The normalized spacial score (nSPS) is 21.8. The van der Waals surface area contributed by atoms with Crippen LogP contribution in [0.4, 0.5) is 0 Å². The zero-order valence-corrected chi connectivity index (χ0v) is 15.9. The maximum absolute atomic E-state index is 13.1. The molecule has 26 heavy (non-hydrogen) atoms. The maximum atomic E-state index is 13.1. The van der Waals surface area contributed by atoms with E-state index in [1.807, 2.05) is 57.3 Å². The van der Waals surface area contributed by atoms with Crippen LogP contribution in [-0.2, 0) is 4.79 Å². The molecule has 3 N–H and O–H groups in total. The monoisotopic (exact) mass is 356 g/mol. The lowest BCUT2D eigenvalue weighted by Crippen LogP contribution is -2.52. The minimum absolute atomic E-state index is 0.000730. The van der Waals surface area contributed by atoms with Crippen LogP contribution in [0.15, 0.2) is 36.5 Å². The fourth-order valence-corrected chi connectivity index (χ4v) is 3.67. The molecule has 2 heterocycles. The molecule has 140 valence electrons. The zero-order valence-electron chi connectivity index (χ0n) is 15.9. The maximum Gasteiger partial charge on any atom is 0.240 e. The molecular weight excluding hydrogens is 328 g/mol. The molecule has 0 saturated carbocycles. The number of aromatic nitrogens is 2. The average molecular weight is 356 g/mol. The number of hydrogen-bond acceptors (Lipinski definition) is 4. The summed E-state index contributed by atoms with van der Waals surface area (Å²) in [5, 5.41) is 13.3. The quantitative estimate of drug-likeness (QED) is 0.785. The summed E-state index contributed by atoms with van der Waals surface area (Å²) in [6.07, 6.45) is 1.82. The lowest BCUT2D eigenvalue weighted by atomic mass is 9.86. The fourth-order valence-electron chi connectivity index (χ4n) is 3.67. The third-order valence-corrected chi connectivity index (χ3v) is 4.95. The molecule has 3 rings (SSSR count). The number of nitrogens with zero attached hydrogens (tertiary/aromatic N) is 2. The summed E-state index contributed by atoms with van der Waals surface area (Å²) < 4.78 is 0. The van der Waals surface area contributed by atoms with Gasteiger partial charge in [0.1, 0.15) is 5.82 Å². The van der Waals surface area contributed by atoms with Gasteiger partial charge in [-0.2, -0.15) is 0 Å². The van der Waals surface area contributed by atoms with Crippen LogP contribution in [0.25, 0.3) is 11.3 Å². The van der Waals surface area contributed by atoms with Crippen molar-refractivity contribution in [1.82, 2.24) is 20.2 Å². The second kappa shape index (κ2) is 7.21. The van der Waals surface area contributed by atoms with Crippen LogP contribution < -0.4 is 5.32 Å². The van der Waals surface area contributed by atoms with E-state index in [-0.39, 0.29) is 23.4 Å². The Morgan fingerprint density at radius 1 is 1.35 bits per heavy atom. The Kier molecular flexibility index (Phi) is 5.16. The van der Waals surface area contributed by atoms with Crippen molar-refractivity contribution in [2.45, 2.75) is 45.4 Å². The first-order valence-electron chi connectivity index (χ1n) is 9.08. The Balaban J connectivity index is 1.87. The van der Waals surface area contributed by atoms with Crippen LogP contribution in [0.2, 0.25) is 0 Å². The number of rotatable bonds is 4. The van der Waals surface area contributed by atoms with E-state index >= 15 is 0 Å². The van der Waals surface area contributed by atoms with Gasteiger partial charge in [0.2, 0.25) is 5.91 Å². The molecule has 1 aliphatic heterocycles. The molecule has 0 spiro atoms. The van der Waals surface area contributed by atoms with Gasteiger partial charge in [0.15, 0.2) is 0 Å². The highest BCUT2D eigenvalue weighted by Gasteiger charge is 2.42. The van der Waals surface area contributed by atoms with E-state index in [0.29, 0.717) is 13.0 Å². The summed E-state index contributed by atoms with van der Waals surface area (Å²) in [7, 11) is 1.80. The topological polar surface area (TPSA) is 81.2 Å². The van der Waals surface area contributed by atoms with E-state index in [0.717, 1.165) is 17.1 Å². The van der Waals surface area contributed by atoms with Gasteiger partial charge < -0.3 is 20.3 Å². The minimum Gasteiger partial charge on any atom is -0.391 e. The molecule has 6 nitrogen and oxygen atoms in total. The summed E-state index contributed by atoms with van der Waals surface area (Å²) in [5.41, 5.74) is 1.65. The number of benzene rings is 1. The lowest BCUT2D eigenvalue weighted by Gasteiger charge is -2.34. The van der Waals surface area contributed by atoms with Crippen LogP contribution >= 0.6 is 0 Å². The number of carbonyl (C=O) groups excluding carboxylic acids is 1. The van der Waals surface area contributed by atoms with E-state index < -0.39 is 6.10 Å². The SMILES string of the molecule is CN[C@H](C(=O)N1C[C@H](O)C[C@H]1c1nc(-c2ccccc2)c[nH]1)C(C)(C)C. The van der Waals surface area contributed by atoms with Crippen molar-refractivity contribution < 1.29 is 9.90 Å². The molecule has 0 bridgehead atoms. The third kappa shape index (κ3) is 3.66. The highest BCUT2D eigenvalue weighted by molar-refractivity contribution is 5.83. The molecule has 2 aromatic rings. The second-order valence-electron chi connectivity index (χ2n) is 8.02. The number of aliphatic hydroxyl groups excluding tert-OH is 1. The number of amides is 1. The average Bonchev–Trinajstić information content (AvgIpc) is 3.21. The molecule has 3 atom stereocenters. The third-order valence-electron chi connectivity index (χ3n) is 4.95. The molecule has 1 saturated heterocycles. The van der Waals surface area contributed by atoms with Gasteiger partial charge >= 0.3 is 0 Å². The number of H-pyrrole nitrogens is 1. The summed E-state index contributed by atoms with van der Waals surface area (Å²) in [5.74, 6) is 0.719. The molecule has 1 amide bonds. The number of hydrogen-bond donors (Lipinski definition) is 3. The van der Waals surface area contributed by atoms with Crippen molar-refractivity contribution in [3.8, 4) is 11.3 Å². The predicted molar refractivity (Wildman–Crippen MR) is 101 cm³/mol. The molecule has 1 fully saturated rings. The molecular formula is C20H28N4O2. The van der Waals surface area contributed by atoms with Crippen LogP contribution in [0.5, 0.6) is 0 Å². The first-order chi connectivity index (χ1) is 12.3. The molecule has 1 aromatic heterocycles. The van der Waals surface area contributed by atoms with Crippen molar-refractivity contribution >= 4 is 5.91 Å². The molecule has 6 heteroatoms. The van der Waals surface area contributed by atoms with Crippen molar-refractivity contribution in [1.29, 1.82) is 0 Å². The minimum atomic E-state index is -0.535. The van der Waals surface area contributed by atoms with Crippen LogP contribution in [0.3, 0.4) is 0 Å². The smallest absolute Gasteiger partial charge is 0.240 e. The number of aromatic amines is 1. The van der Waals surface area contributed by atoms with Crippen molar-refractivity contribution in [3.05, 3.63) is 42.4 Å². The number of carbonyl (C=O) groups is 1. The van der Waals surface area contributed by atoms with Gasteiger partial charge in [-0.05, 0) is 12.5 Å². The molecule has 1 aromatic carbocycles. The molecule has 0 aliphatic carbocycles. The van der Waals surface area contributed by atoms with Gasteiger partial charge in [-0.15, -0.1) is 0 Å². The Labute approximate surface area is 154 Å². The van der Waals surface area contributed by atoms with Gasteiger partial charge in [-0.3, -0.25) is 4.79 Å². The highest BCUT2D eigenvalue weighted by Crippen LogP contribution is 2.34. The summed E-state index contributed by atoms with van der Waals surface area (Å²) in [6, 6.07) is 9.35. The summed E-state index contributed by atoms with van der Waals surface area (Å²) in [6.45, 7) is 6.44. The van der Waals surface area contributed by atoms with Gasteiger partial charge in [0, 0.05) is 24.7 Å². The van der Waals surface area contributed by atoms with Gasteiger partial charge in [-0.25, -0.2) is 4.98 Å². The molecule has 0 radical (unpaired) electrons. The van der Waals surface area contributed by atoms with Crippen molar-refractivity contribution in [2.75, 3.05) is 13.6 Å². The predicted octanol–water partition coefficient (Wildman–Crippen LogP) is 2.35. The van der Waals surface area contributed by atoms with Crippen LogP contribution in [-0.4, -0.2) is 51.6 Å². The van der Waals surface area contributed by atoms with Crippen molar-refractivity contribution in [3.63, 3.8) is 0 Å². The van der Waals surface area contributed by atoms with Crippen LogP contribution in [0.1, 0.15) is 39.1 Å². The summed E-state index contributed by atoms with van der Waals surface area (Å²) in [4.78, 5) is 22.8. The number of β-amino-alcohol motifs (C(OH)–C–C–N with tert-alkyl or cyclic N) is 1. The first-order valence-corrected chi connectivity index (χ1v) is 9.08. The Morgan fingerprint density at radius 2 is 2.04 bits per heavy atom. The number of aliphatic hydroxyl groups is 1. The van der Waals surface area contributed by atoms with E-state index in [1.165, 1.54) is 0 Å². The van der Waals surface area contributed by atoms with Crippen molar-refractivity contribution in [2.24, 2.45) is 5.41 Å². The van der Waals surface area contributed by atoms with E-state index in [1.54, 1.807) is 11.9 Å². The van der Waals surface area contributed by atoms with E-state index in [4.69, 9.17) is 4.98 Å². The fraction of sp³-hybridized carbons (Fsp3) is 0.500. The van der Waals surface area contributed by atoms with Crippen LogP contribution in [0, 0.1) is 5.41 Å². The Hall–Kier alpha value is -2.18. The summed E-state index contributed by atoms with van der Waals surface area (Å²) >= 11 is 0. The van der Waals surface area contributed by atoms with E-state index in [2.05, 4.69) is 10.3 Å². The molecule has 0 unspecified atom stereocenters. The standard InChI is InChI=1S/C20H28N4O2/c1-20(2,3)17(21-4)19(26)24-12-14(25)10-16(24)18-22-11-15(23-18)13-8-6-5-7-9-13/h5-9,11,14,16-17,21,25H,10,12H2,1-4H3,(H,22,23)/t14-,16+,17-/m1/s1. The number of likely N-dealkylation sites (N-methyl/N-ethyl adjacent to an activating group) is 1. The van der Waals surface area contributed by atoms with Gasteiger partial charge in [-0.1, -0.05) is 51.1 Å². The largest absolute Gasteiger partial charge is 0.391 e. The first kappa shape index (κ1) is 18.6. The Morgan fingerprint density at radius 3 is 2.65 bits per heavy atom. The van der Waals surface area contributed by atoms with Gasteiger partial charge in [0.05, 0.1) is 23.9 Å².